The van der Waals surface area contributed by atoms with Crippen molar-refractivity contribution < 1.29 is 14.6 Å². The van der Waals surface area contributed by atoms with E-state index in [4.69, 9.17) is 4.74 Å². The molecule has 13 heavy (non-hydrogen) atoms. The minimum Gasteiger partial charge on any atom is -0.469 e. The molecule has 2 fully saturated rings. The molecule has 0 spiro atoms. The van der Waals surface area contributed by atoms with Gasteiger partial charge in [-0.15, -0.1) is 0 Å². The third-order valence-electron chi connectivity index (χ3n) is 3.85. The molecule has 2 rings (SSSR count). The zero-order chi connectivity index (χ0) is 9.53. The van der Waals surface area contributed by atoms with E-state index in [2.05, 4.69) is 0 Å². The Hall–Kier alpha value is -0.570. The second kappa shape index (κ2) is 2.71. The van der Waals surface area contributed by atoms with Gasteiger partial charge in [0.15, 0.2) is 0 Å². The van der Waals surface area contributed by atoms with E-state index in [0.717, 1.165) is 38.5 Å². The standard InChI is InChI=1S/C10H16O3/c1-13-8(11)9(4-2-5-9)10(12)6-3-7-10/h12H,2-7H2,1H3. The Morgan fingerprint density at radius 2 is 1.77 bits per heavy atom. The topological polar surface area (TPSA) is 46.5 Å². The second-order valence-corrected chi connectivity index (χ2v) is 4.31. The van der Waals surface area contributed by atoms with Gasteiger partial charge in [0.05, 0.1) is 18.1 Å². The molecular formula is C10H16O3. The highest BCUT2D eigenvalue weighted by atomic mass is 16.5. The maximum atomic E-state index is 11.6. The fourth-order valence-electron chi connectivity index (χ4n) is 2.58. The van der Waals surface area contributed by atoms with E-state index in [1.54, 1.807) is 0 Å². The molecule has 0 aliphatic heterocycles. The third kappa shape index (κ3) is 0.966. The summed E-state index contributed by atoms with van der Waals surface area (Å²) >= 11 is 0. The van der Waals surface area contributed by atoms with Gasteiger partial charge in [0.1, 0.15) is 0 Å². The van der Waals surface area contributed by atoms with E-state index in [9.17, 15) is 9.90 Å². The molecule has 0 aromatic carbocycles. The fourth-order valence-corrected chi connectivity index (χ4v) is 2.58. The first-order chi connectivity index (χ1) is 6.15. The average Bonchev–Trinajstić information content (AvgIpc) is 1.98. The molecule has 0 atom stereocenters. The molecule has 2 saturated carbocycles. The predicted octanol–water partition coefficient (Wildman–Crippen LogP) is 1.24. The van der Waals surface area contributed by atoms with Gasteiger partial charge < -0.3 is 9.84 Å². The third-order valence-corrected chi connectivity index (χ3v) is 3.85. The Kier molecular flexibility index (Phi) is 1.88. The van der Waals surface area contributed by atoms with E-state index in [1.807, 2.05) is 0 Å². The number of hydrogen-bond donors (Lipinski definition) is 1. The summed E-state index contributed by atoms with van der Waals surface area (Å²) in [6.07, 6.45) is 5.21. The highest BCUT2D eigenvalue weighted by Crippen LogP contribution is 2.57. The fraction of sp³-hybridized carbons (Fsp3) is 0.900. The van der Waals surface area contributed by atoms with Crippen LogP contribution in [0.1, 0.15) is 38.5 Å². The summed E-state index contributed by atoms with van der Waals surface area (Å²) in [5.41, 5.74) is -1.28. The normalized spacial score (nSPS) is 28.5. The van der Waals surface area contributed by atoms with Crippen LogP contribution in [-0.2, 0) is 9.53 Å². The highest BCUT2D eigenvalue weighted by Gasteiger charge is 2.62. The highest BCUT2D eigenvalue weighted by molar-refractivity contribution is 5.79. The Labute approximate surface area is 78.1 Å². The number of rotatable bonds is 2. The molecule has 0 amide bonds. The van der Waals surface area contributed by atoms with Gasteiger partial charge in [-0.1, -0.05) is 6.42 Å². The van der Waals surface area contributed by atoms with Crippen LogP contribution in [0.3, 0.4) is 0 Å². The van der Waals surface area contributed by atoms with Crippen LogP contribution < -0.4 is 0 Å². The smallest absolute Gasteiger partial charge is 0.314 e. The summed E-state index contributed by atoms with van der Waals surface area (Å²) in [4.78, 5) is 11.6. The van der Waals surface area contributed by atoms with E-state index in [1.165, 1.54) is 7.11 Å². The Balaban J connectivity index is 2.19. The van der Waals surface area contributed by atoms with Crippen molar-refractivity contribution in [1.82, 2.24) is 0 Å². The molecule has 0 saturated heterocycles. The van der Waals surface area contributed by atoms with Gasteiger partial charge in [-0.05, 0) is 32.1 Å². The number of carbonyl (C=O) groups excluding carboxylic acids is 1. The van der Waals surface area contributed by atoms with E-state index in [-0.39, 0.29) is 5.97 Å². The molecule has 0 aromatic rings. The summed E-state index contributed by atoms with van der Waals surface area (Å²) < 4.78 is 4.78. The average molecular weight is 184 g/mol. The Morgan fingerprint density at radius 1 is 1.23 bits per heavy atom. The van der Waals surface area contributed by atoms with Gasteiger partial charge in [0, 0.05) is 0 Å². The largest absolute Gasteiger partial charge is 0.469 e. The summed E-state index contributed by atoms with van der Waals surface area (Å²) in [6, 6.07) is 0. The van der Waals surface area contributed by atoms with E-state index in [0.29, 0.717) is 0 Å². The van der Waals surface area contributed by atoms with Gasteiger partial charge in [0.2, 0.25) is 0 Å². The molecule has 2 aliphatic rings. The van der Waals surface area contributed by atoms with Gasteiger partial charge in [0.25, 0.3) is 0 Å². The van der Waals surface area contributed by atoms with Crippen molar-refractivity contribution in [2.24, 2.45) is 5.41 Å². The molecule has 0 radical (unpaired) electrons. The van der Waals surface area contributed by atoms with Crippen molar-refractivity contribution in [2.45, 2.75) is 44.1 Å². The van der Waals surface area contributed by atoms with Gasteiger partial charge in [-0.3, -0.25) is 4.79 Å². The molecule has 3 heteroatoms. The van der Waals surface area contributed by atoms with Crippen molar-refractivity contribution in [3.05, 3.63) is 0 Å². The lowest BCUT2D eigenvalue weighted by Gasteiger charge is -2.55. The van der Waals surface area contributed by atoms with Crippen LogP contribution >= 0.6 is 0 Å². The van der Waals surface area contributed by atoms with Crippen molar-refractivity contribution >= 4 is 5.97 Å². The maximum Gasteiger partial charge on any atom is 0.314 e. The van der Waals surface area contributed by atoms with Crippen molar-refractivity contribution in [3.63, 3.8) is 0 Å². The number of esters is 1. The molecule has 74 valence electrons. The lowest BCUT2D eigenvalue weighted by Crippen LogP contribution is -2.61. The van der Waals surface area contributed by atoms with Crippen LogP contribution in [-0.4, -0.2) is 23.8 Å². The molecule has 1 N–H and O–H groups in total. The molecule has 0 aromatic heterocycles. The van der Waals surface area contributed by atoms with Crippen LogP contribution in [0.2, 0.25) is 0 Å². The quantitative estimate of drug-likeness (QED) is 0.657. The van der Waals surface area contributed by atoms with Gasteiger partial charge in [-0.2, -0.15) is 0 Å². The van der Waals surface area contributed by atoms with Crippen molar-refractivity contribution in [2.75, 3.05) is 7.11 Å². The predicted molar refractivity (Wildman–Crippen MR) is 47.1 cm³/mol. The number of ether oxygens (including phenoxy) is 1. The van der Waals surface area contributed by atoms with Crippen LogP contribution in [0.5, 0.6) is 0 Å². The molecule has 0 bridgehead atoms. The van der Waals surface area contributed by atoms with E-state index < -0.39 is 11.0 Å². The first kappa shape index (κ1) is 9.00. The van der Waals surface area contributed by atoms with Crippen molar-refractivity contribution in [3.8, 4) is 0 Å². The summed E-state index contributed by atoms with van der Waals surface area (Å²) in [5, 5.41) is 10.2. The lowest BCUT2D eigenvalue weighted by molar-refractivity contribution is -0.205. The second-order valence-electron chi connectivity index (χ2n) is 4.31. The Bertz CT molecular complexity index is 226. The molecule has 3 nitrogen and oxygen atoms in total. The first-order valence-electron chi connectivity index (χ1n) is 4.95. The van der Waals surface area contributed by atoms with Crippen molar-refractivity contribution in [1.29, 1.82) is 0 Å². The molecule has 0 unspecified atom stereocenters. The van der Waals surface area contributed by atoms with Crippen LogP contribution in [0.25, 0.3) is 0 Å². The molecule has 2 aliphatic carbocycles. The SMILES string of the molecule is COC(=O)C1(C2(O)CCC2)CCC1. The zero-order valence-electron chi connectivity index (χ0n) is 8.01. The number of methoxy groups -OCH3 is 1. The molecule has 0 heterocycles. The number of hydrogen-bond acceptors (Lipinski definition) is 3. The Morgan fingerprint density at radius 3 is 2.00 bits per heavy atom. The monoisotopic (exact) mass is 184 g/mol. The van der Waals surface area contributed by atoms with Gasteiger partial charge in [-0.25, -0.2) is 0 Å². The molecular weight excluding hydrogens is 168 g/mol. The first-order valence-corrected chi connectivity index (χ1v) is 4.95. The van der Waals surface area contributed by atoms with Crippen LogP contribution in [0, 0.1) is 5.41 Å². The maximum absolute atomic E-state index is 11.6. The lowest BCUT2D eigenvalue weighted by atomic mass is 9.52. The van der Waals surface area contributed by atoms with Gasteiger partial charge >= 0.3 is 5.97 Å². The summed E-state index contributed by atoms with van der Waals surface area (Å²) in [7, 11) is 1.41. The zero-order valence-corrected chi connectivity index (χ0v) is 8.01. The van der Waals surface area contributed by atoms with E-state index >= 15 is 0 Å². The minimum absolute atomic E-state index is 0.207. The summed E-state index contributed by atoms with van der Waals surface area (Å²) in [6.45, 7) is 0. The van der Waals surface area contributed by atoms with Crippen LogP contribution in [0.4, 0.5) is 0 Å². The minimum atomic E-state index is -0.738. The number of aliphatic hydroxyl groups is 1. The summed E-state index contributed by atoms with van der Waals surface area (Å²) in [5.74, 6) is -0.207. The number of carbonyl (C=O) groups is 1. The van der Waals surface area contributed by atoms with Crippen LogP contribution in [0.15, 0.2) is 0 Å².